The Hall–Kier alpha value is -0.740. The van der Waals surface area contributed by atoms with Crippen LogP contribution in [0.2, 0.25) is 0 Å². The highest BCUT2D eigenvalue weighted by Crippen LogP contribution is 2.37. The van der Waals surface area contributed by atoms with Gasteiger partial charge in [0.2, 0.25) is 0 Å². The molecule has 1 aromatic carbocycles. The number of methoxy groups -OCH3 is 1. The van der Waals surface area contributed by atoms with Crippen molar-refractivity contribution < 1.29 is 9.84 Å². The van der Waals surface area contributed by atoms with E-state index >= 15 is 0 Å². The van der Waals surface area contributed by atoms with Crippen molar-refractivity contribution in [3.05, 3.63) is 22.2 Å². The van der Waals surface area contributed by atoms with Crippen LogP contribution in [0.25, 0.3) is 0 Å². The first kappa shape index (κ1) is 11.7. The summed E-state index contributed by atoms with van der Waals surface area (Å²) in [7, 11) is 1.60. The van der Waals surface area contributed by atoms with Gasteiger partial charge in [-0.2, -0.15) is 0 Å². The van der Waals surface area contributed by atoms with Gasteiger partial charge in [0.15, 0.2) is 0 Å². The van der Waals surface area contributed by atoms with E-state index in [2.05, 4.69) is 21.2 Å². The summed E-state index contributed by atoms with van der Waals surface area (Å²) >= 11 is 3.45. The molecule has 0 bridgehead atoms. The molecule has 1 fully saturated rings. The molecule has 1 saturated heterocycles. The van der Waals surface area contributed by atoms with Crippen LogP contribution in [0, 0.1) is 0 Å². The maximum Gasteiger partial charge on any atom is 0.136 e. The molecule has 1 atom stereocenters. The first-order valence-corrected chi connectivity index (χ1v) is 6.28. The molecular formula is C12H16BrNO2. The molecule has 1 unspecified atom stereocenters. The van der Waals surface area contributed by atoms with Crippen LogP contribution >= 0.6 is 15.9 Å². The van der Waals surface area contributed by atoms with Crippen LogP contribution in [0.5, 0.6) is 11.5 Å². The van der Waals surface area contributed by atoms with E-state index in [-0.39, 0.29) is 0 Å². The summed E-state index contributed by atoms with van der Waals surface area (Å²) in [5, 5.41) is 13.3. The van der Waals surface area contributed by atoms with Crippen LogP contribution < -0.4 is 10.1 Å². The molecule has 0 aromatic heterocycles. The van der Waals surface area contributed by atoms with Gasteiger partial charge in [-0.05, 0) is 46.9 Å². The third kappa shape index (κ3) is 2.33. The summed E-state index contributed by atoms with van der Waals surface area (Å²) in [4.78, 5) is 0. The second kappa shape index (κ2) is 5.06. The normalized spacial score (nSPS) is 20.8. The van der Waals surface area contributed by atoms with Gasteiger partial charge in [-0.3, -0.25) is 0 Å². The third-order valence-electron chi connectivity index (χ3n) is 3.04. The summed E-state index contributed by atoms with van der Waals surface area (Å²) in [5.74, 6) is 1.40. The first-order valence-electron chi connectivity index (χ1n) is 5.49. The Morgan fingerprint density at radius 3 is 2.94 bits per heavy atom. The molecule has 2 N–H and O–H groups in total. The van der Waals surface area contributed by atoms with Crippen LogP contribution in [-0.4, -0.2) is 25.3 Å². The number of benzene rings is 1. The maximum absolute atomic E-state index is 9.97. The molecule has 16 heavy (non-hydrogen) atoms. The standard InChI is InChI=1S/C12H16BrNO2/c1-16-12-6-11(15)9(5-10(12)13)8-3-2-4-14-7-8/h5-6,8,14-15H,2-4,7H2,1H3. The molecular weight excluding hydrogens is 270 g/mol. The number of ether oxygens (including phenoxy) is 1. The predicted octanol–water partition coefficient (Wildman–Crippen LogP) is 2.63. The lowest BCUT2D eigenvalue weighted by atomic mass is 9.91. The summed E-state index contributed by atoms with van der Waals surface area (Å²) in [6, 6.07) is 3.64. The predicted molar refractivity (Wildman–Crippen MR) is 67.2 cm³/mol. The molecule has 0 radical (unpaired) electrons. The van der Waals surface area contributed by atoms with E-state index in [0.29, 0.717) is 17.4 Å². The van der Waals surface area contributed by atoms with Crippen molar-refractivity contribution in [1.29, 1.82) is 0 Å². The zero-order chi connectivity index (χ0) is 11.5. The highest BCUT2D eigenvalue weighted by molar-refractivity contribution is 9.10. The molecule has 1 aliphatic rings. The van der Waals surface area contributed by atoms with E-state index in [4.69, 9.17) is 4.74 Å². The molecule has 0 saturated carbocycles. The molecule has 1 aliphatic heterocycles. The van der Waals surface area contributed by atoms with E-state index in [0.717, 1.165) is 36.0 Å². The molecule has 0 amide bonds. The number of hydrogen-bond donors (Lipinski definition) is 2. The van der Waals surface area contributed by atoms with Crippen molar-refractivity contribution >= 4 is 15.9 Å². The number of rotatable bonds is 2. The van der Waals surface area contributed by atoms with Gasteiger partial charge in [-0.25, -0.2) is 0 Å². The quantitative estimate of drug-likeness (QED) is 0.878. The Bertz CT molecular complexity index is 376. The highest BCUT2D eigenvalue weighted by Gasteiger charge is 2.19. The number of hydrogen-bond acceptors (Lipinski definition) is 3. The van der Waals surface area contributed by atoms with Gasteiger partial charge < -0.3 is 15.2 Å². The number of halogens is 1. The number of phenolic OH excluding ortho intramolecular Hbond substituents is 1. The van der Waals surface area contributed by atoms with Gasteiger partial charge >= 0.3 is 0 Å². The van der Waals surface area contributed by atoms with E-state index in [9.17, 15) is 5.11 Å². The lowest BCUT2D eigenvalue weighted by Crippen LogP contribution is -2.28. The molecule has 0 aliphatic carbocycles. The smallest absolute Gasteiger partial charge is 0.136 e. The molecule has 4 heteroatoms. The molecule has 3 nitrogen and oxygen atoms in total. The van der Waals surface area contributed by atoms with Gasteiger partial charge in [0.05, 0.1) is 11.6 Å². The molecule has 0 spiro atoms. The van der Waals surface area contributed by atoms with E-state index < -0.39 is 0 Å². The second-order valence-electron chi connectivity index (χ2n) is 4.09. The van der Waals surface area contributed by atoms with Crippen LogP contribution in [0.3, 0.4) is 0 Å². The average molecular weight is 286 g/mol. The average Bonchev–Trinajstić information content (AvgIpc) is 2.32. The molecule has 1 aromatic rings. The SMILES string of the molecule is COc1cc(O)c(C2CCCNC2)cc1Br. The molecule has 88 valence electrons. The molecule has 2 rings (SSSR count). The Balaban J connectivity index is 2.29. The Labute approximate surface area is 104 Å². The third-order valence-corrected chi connectivity index (χ3v) is 3.66. The van der Waals surface area contributed by atoms with Gasteiger partial charge in [0.1, 0.15) is 11.5 Å². The fraction of sp³-hybridized carbons (Fsp3) is 0.500. The Morgan fingerprint density at radius 2 is 2.31 bits per heavy atom. The van der Waals surface area contributed by atoms with Crippen molar-refractivity contribution in [3.63, 3.8) is 0 Å². The fourth-order valence-electron chi connectivity index (χ4n) is 2.16. The largest absolute Gasteiger partial charge is 0.508 e. The summed E-state index contributed by atoms with van der Waals surface area (Å²) in [6.07, 6.45) is 2.28. The highest BCUT2D eigenvalue weighted by atomic mass is 79.9. The number of phenols is 1. The monoisotopic (exact) mass is 285 g/mol. The van der Waals surface area contributed by atoms with Crippen LogP contribution in [0.4, 0.5) is 0 Å². The number of aromatic hydroxyl groups is 1. The Morgan fingerprint density at radius 1 is 1.50 bits per heavy atom. The van der Waals surface area contributed by atoms with Gasteiger partial charge in [-0.15, -0.1) is 0 Å². The van der Waals surface area contributed by atoms with E-state index in [1.807, 2.05) is 6.07 Å². The minimum Gasteiger partial charge on any atom is -0.508 e. The van der Waals surface area contributed by atoms with Crippen LogP contribution in [0.15, 0.2) is 16.6 Å². The lowest BCUT2D eigenvalue weighted by molar-refractivity contribution is 0.397. The second-order valence-corrected chi connectivity index (χ2v) is 4.94. The number of nitrogens with one attached hydrogen (secondary N) is 1. The summed E-state index contributed by atoms with van der Waals surface area (Å²) in [6.45, 7) is 2.01. The zero-order valence-electron chi connectivity index (χ0n) is 9.29. The van der Waals surface area contributed by atoms with Crippen molar-refractivity contribution in [3.8, 4) is 11.5 Å². The minimum absolute atomic E-state index is 0.328. The van der Waals surface area contributed by atoms with Crippen molar-refractivity contribution in [2.45, 2.75) is 18.8 Å². The van der Waals surface area contributed by atoms with Gasteiger partial charge in [0.25, 0.3) is 0 Å². The first-order chi connectivity index (χ1) is 7.72. The van der Waals surface area contributed by atoms with Gasteiger partial charge in [0, 0.05) is 18.5 Å². The van der Waals surface area contributed by atoms with Crippen LogP contribution in [-0.2, 0) is 0 Å². The van der Waals surface area contributed by atoms with E-state index in [1.165, 1.54) is 0 Å². The molecule has 1 heterocycles. The van der Waals surface area contributed by atoms with Crippen molar-refractivity contribution in [2.24, 2.45) is 0 Å². The van der Waals surface area contributed by atoms with Gasteiger partial charge in [-0.1, -0.05) is 0 Å². The van der Waals surface area contributed by atoms with Crippen LogP contribution in [0.1, 0.15) is 24.3 Å². The Kier molecular flexibility index (Phi) is 3.71. The maximum atomic E-state index is 9.97. The summed E-state index contributed by atoms with van der Waals surface area (Å²) < 4.78 is 6.04. The fourth-order valence-corrected chi connectivity index (χ4v) is 2.68. The topological polar surface area (TPSA) is 41.5 Å². The van der Waals surface area contributed by atoms with E-state index in [1.54, 1.807) is 13.2 Å². The summed E-state index contributed by atoms with van der Waals surface area (Å²) in [5.41, 5.74) is 1.000. The van der Waals surface area contributed by atoms with Crippen molar-refractivity contribution in [2.75, 3.05) is 20.2 Å². The van der Waals surface area contributed by atoms with Crippen molar-refractivity contribution in [1.82, 2.24) is 5.32 Å². The lowest BCUT2D eigenvalue weighted by Gasteiger charge is -2.24. The number of piperidine rings is 1. The minimum atomic E-state index is 0.328. The zero-order valence-corrected chi connectivity index (χ0v) is 10.9.